The molecule has 1 atom stereocenters. The van der Waals surface area contributed by atoms with Gasteiger partial charge in [-0.3, -0.25) is 0 Å². The Bertz CT molecular complexity index is 307. The molecule has 0 saturated carbocycles. The number of ether oxygens (including phenoxy) is 2. The molecule has 0 radical (unpaired) electrons. The Morgan fingerprint density at radius 1 is 1.20 bits per heavy atom. The van der Waals surface area contributed by atoms with Crippen LogP contribution in [0.15, 0.2) is 0 Å². The van der Waals surface area contributed by atoms with Crippen LogP contribution in [0.3, 0.4) is 0 Å². The van der Waals surface area contributed by atoms with E-state index < -0.39 is 23.7 Å². The van der Waals surface area contributed by atoms with Crippen LogP contribution in [0.25, 0.3) is 0 Å². The predicted molar refractivity (Wildman–Crippen MR) is 78.5 cm³/mol. The maximum Gasteiger partial charge on any atom is 0.408 e. The quantitative estimate of drug-likeness (QED) is 0.576. The van der Waals surface area contributed by atoms with Crippen molar-refractivity contribution in [1.82, 2.24) is 5.32 Å². The molecule has 0 unspecified atom stereocenters. The maximum absolute atomic E-state index is 12.0. The molecule has 1 N–H and O–H groups in total. The van der Waals surface area contributed by atoms with Gasteiger partial charge in [0.15, 0.2) is 0 Å². The Morgan fingerprint density at radius 3 is 2.25 bits per heavy atom. The second-order valence-corrected chi connectivity index (χ2v) is 6.35. The number of esters is 1. The summed E-state index contributed by atoms with van der Waals surface area (Å²) < 4.78 is 10.3. The normalized spacial score (nSPS) is 12.9. The molecule has 0 fully saturated rings. The Balaban J connectivity index is 4.47. The van der Waals surface area contributed by atoms with Crippen molar-refractivity contribution < 1.29 is 19.1 Å². The van der Waals surface area contributed by atoms with Crippen molar-refractivity contribution >= 4 is 12.1 Å². The first-order valence-electron chi connectivity index (χ1n) is 7.31. The van der Waals surface area contributed by atoms with E-state index in [1.54, 1.807) is 20.8 Å². The molecule has 5 nitrogen and oxygen atoms in total. The number of amides is 1. The number of nitrogens with one attached hydrogen (secondary N) is 1. The molecule has 0 aromatic carbocycles. The first kappa shape index (κ1) is 18.7. The highest BCUT2D eigenvalue weighted by molar-refractivity contribution is 5.81. The highest BCUT2D eigenvalue weighted by Crippen LogP contribution is 2.10. The van der Waals surface area contributed by atoms with Gasteiger partial charge in [-0.05, 0) is 39.5 Å². The minimum Gasteiger partial charge on any atom is -0.464 e. The second kappa shape index (κ2) is 8.82. The van der Waals surface area contributed by atoms with Gasteiger partial charge < -0.3 is 14.8 Å². The van der Waals surface area contributed by atoms with E-state index in [2.05, 4.69) is 5.32 Å². The van der Waals surface area contributed by atoms with E-state index in [1.165, 1.54) is 0 Å². The van der Waals surface area contributed by atoms with Crippen LogP contribution in [0.4, 0.5) is 4.79 Å². The molecule has 0 bridgehead atoms. The van der Waals surface area contributed by atoms with Crippen molar-refractivity contribution in [1.29, 1.82) is 0 Å². The van der Waals surface area contributed by atoms with E-state index in [1.807, 2.05) is 20.8 Å². The van der Waals surface area contributed by atoms with Crippen LogP contribution in [0.5, 0.6) is 0 Å². The van der Waals surface area contributed by atoms with Crippen molar-refractivity contribution in [2.24, 2.45) is 5.92 Å². The predicted octanol–water partition coefficient (Wildman–Crippen LogP) is 3.27. The molecule has 0 spiro atoms. The van der Waals surface area contributed by atoms with Gasteiger partial charge in [0.05, 0.1) is 6.61 Å². The molecular formula is C15H29NO4. The number of hydrogen-bond acceptors (Lipinski definition) is 4. The van der Waals surface area contributed by atoms with Gasteiger partial charge in [0, 0.05) is 0 Å². The van der Waals surface area contributed by atoms with Crippen molar-refractivity contribution in [2.75, 3.05) is 6.61 Å². The number of hydrogen-bond donors (Lipinski definition) is 1. The minimum absolute atomic E-state index is 0.272. The van der Waals surface area contributed by atoms with Gasteiger partial charge in [0.2, 0.25) is 0 Å². The molecule has 0 aliphatic heterocycles. The van der Waals surface area contributed by atoms with E-state index in [-0.39, 0.29) is 5.92 Å². The summed E-state index contributed by atoms with van der Waals surface area (Å²) in [5.74, 6) is -0.119. The Hall–Kier alpha value is -1.26. The molecule has 118 valence electrons. The van der Waals surface area contributed by atoms with E-state index in [0.29, 0.717) is 13.0 Å². The lowest BCUT2D eigenvalue weighted by Gasteiger charge is -2.23. The highest BCUT2D eigenvalue weighted by Gasteiger charge is 2.26. The van der Waals surface area contributed by atoms with Crippen LogP contribution in [0, 0.1) is 5.92 Å². The largest absolute Gasteiger partial charge is 0.464 e. The monoisotopic (exact) mass is 287 g/mol. The minimum atomic E-state index is -0.651. The zero-order chi connectivity index (χ0) is 15.8. The van der Waals surface area contributed by atoms with Gasteiger partial charge in [-0.15, -0.1) is 0 Å². The molecule has 0 aliphatic carbocycles. The van der Waals surface area contributed by atoms with Gasteiger partial charge in [-0.2, -0.15) is 0 Å². The first-order valence-corrected chi connectivity index (χ1v) is 7.31. The fourth-order valence-electron chi connectivity index (χ4n) is 1.55. The molecule has 0 rings (SSSR count). The summed E-state index contributed by atoms with van der Waals surface area (Å²) in [7, 11) is 0. The van der Waals surface area contributed by atoms with Crippen LogP contribution in [0.2, 0.25) is 0 Å². The Kier molecular flexibility index (Phi) is 8.26. The second-order valence-electron chi connectivity index (χ2n) is 6.35. The summed E-state index contributed by atoms with van der Waals surface area (Å²) in [4.78, 5) is 23.7. The number of unbranched alkanes of at least 4 members (excludes halogenated alkanes) is 1. The Morgan fingerprint density at radius 2 is 1.80 bits per heavy atom. The molecule has 0 aromatic heterocycles. The van der Waals surface area contributed by atoms with Gasteiger partial charge in [0.1, 0.15) is 11.6 Å². The summed E-state index contributed by atoms with van der Waals surface area (Å²) in [5.41, 5.74) is -0.585. The first-order chi connectivity index (χ1) is 9.15. The molecule has 0 aliphatic rings. The average molecular weight is 287 g/mol. The maximum atomic E-state index is 12.0. The molecule has 20 heavy (non-hydrogen) atoms. The van der Waals surface area contributed by atoms with Crippen molar-refractivity contribution in [2.45, 2.75) is 72.4 Å². The van der Waals surface area contributed by atoms with E-state index in [0.717, 1.165) is 12.8 Å². The molecule has 0 heterocycles. The van der Waals surface area contributed by atoms with Crippen LogP contribution >= 0.6 is 0 Å². The Labute approximate surface area is 122 Å². The fraction of sp³-hybridized carbons (Fsp3) is 0.867. The molecular weight excluding hydrogens is 258 g/mol. The van der Waals surface area contributed by atoms with E-state index in [4.69, 9.17) is 9.47 Å². The number of carbonyl (C=O) groups excluding carboxylic acids is 2. The van der Waals surface area contributed by atoms with Gasteiger partial charge in [0.25, 0.3) is 0 Å². The average Bonchev–Trinajstić information content (AvgIpc) is 2.25. The smallest absolute Gasteiger partial charge is 0.408 e. The zero-order valence-electron chi connectivity index (χ0n) is 13.6. The molecule has 1 amide bonds. The van der Waals surface area contributed by atoms with Gasteiger partial charge >= 0.3 is 12.1 Å². The van der Waals surface area contributed by atoms with Crippen molar-refractivity contribution in [3.63, 3.8) is 0 Å². The van der Waals surface area contributed by atoms with Crippen LogP contribution in [-0.4, -0.2) is 30.3 Å². The fourth-order valence-corrected chi connectivity index (χ4v) is 1.55. The van der Waals surface area contributed by atoms with E-state index >= 15 is 0 Å². The van der Waals surface area contributed by atoms with Crippen LogP contribution in [-0.2, 0) is 14.3 Å². The summed E-state index contributed by atoms with van der Waals surface area (Å²) in [5, 5.41) is 2.60. The number of alkyl carbamates (subject to hydrolysis) is 1. The molecule has 5 heteroatoms. The van der Waals surface area contributed by atoms with E-state index in [9.17, 15) is 9.59 Å². The van der Waals surface area contributed by atoms with Crippen molar-refractivity contribution in [3.8, 4) is 0 Å². The van der Waals surface area contributed by atoms with Gasteiger partial charge in [-0.25, -0.2) is 9.59 Å². The number of rotatable bonds is 7. The third kappa shape index (κ3) is 9.64. The van der Waals surface area contributed by atoms with Crippen LogP contribution < -0.4 is 5.32 Å². The highest BCUT2D eigenvalue weighted by atomic mass is 16.6. The third-order valence-corrected chi connectivity index (χ3v) is 2.42. The lowest BCUT2D eigenvalue weighted by molar-refractivity contribution is -0.146. The summed E-state index contributed by atoms with van der Waals surface area (Å²) in [6.07, 6.45) is 1.73. The SMILES string of the molecule is CCCCOC(=O)[C@@H](CC(C)C)NC(=O)OC(C)(C)C. The summed E-state index contributed by atoms with van der Waals surface area (Å²) in [6.45, 7) is 11.7. The van der Waals surface area contributed by atoms with Crippen molar-refractivity contribution in [3.05, 3.63) is 0 Å². The summed E-state index contributed by atoms with van der Waals surface area (Å²) in [6, 6.07) is -0.651. The summed E-state index contributed by atoms with van der Waals surface area (Å²) >= 11 is 0. The third-order valence-electron chi connectivity index (χ3n) is 2.42. The standard InChI is InChI=1S/C15H29NO4/c1-7-8-9-19-13(17)12(10-11(2)3)16-14(18)20-15(4,5)6/h11-12H,7-10H2,1-6H3,(H,16,18)/t12-/m1/s1. The topological polar surface area (TPSA) is 64.6 Å². The van der Waals surface area contributed by atoms with Gasteiger partial charge in [-0.1, -0.05) is 27.2 Å². The lowest BCUT2D eigenvalue weighted by atomic mass is 10.0. The lowest BCUT2D eigenvalue weighted by Crippen LogP contribution is -2.45. The molecule has 0 saturated heterocycles. The molecule has 0 aromatic rings. The number of carbonyl (C=O) groups is 2. The zero-order valence-corrected chi connectivity index (χ0v) is 13.6. The van der Waals surface area contributed by atoms with Crippen LogP contribution in [0.1, 0.15) is 60.8 Å².